The van der Waals surface area contributed by atoms with Crippen molar-refractivity contribution in [1.29, 1.82) is 0 Å². The molecule has 0 radical (unpaired) electrons. The number of carbonyl (C=O) groups is 1. The fourth-order valence-corrected chi connectivity index (χ4v) is 1.75. The number of aryl methyl sites for hydroxylation is 1. The molecule has 88 valence electrons. The van der Waals surface area contributed by atoms with Crippen molar-refractivity contribution in [2.24, 2.45) is 0 Å². The molecule has 1 heterocycles. The number of aromatic nitrogens is 1. The molecule has 16 heavy (non-hydrogen) atoms. The second kappa shape index (κ2) is 6.32. The van der Waals surface area contributed by atoms with Crippen molar-refractivity contribution < 1.29 is 13.6 Å². The van der Waals surface area contributed by atoms with E-state index in [0.29, 0.717) is 11.6 Å². The number of amides is 1. The van der Waals surface area contributed by atoms with Gasteiger partial charge in [-0.2, -0.15) is 8.78 Å². The maximum atomic E-state index is 11.7. The van der Waals surface area contributed by atoms with E-state index in [4.69, 9.17) is 0 Å². The summed E-state index contributed by atoms with van der Waals surface area (Å²) in [5, 5.41) is 3.16. The highest BCUT2D eigenvalue weighted by molar-refractivity contribution is 7.15. The van der Waals surface area contributed by atoms with Crippen LogP contribution in [-0.2, 0) is 4.79 Å². The largest absolute Gasteiger partial charge is 0.302 e. The molecule has 0 aliphatic carbocycles. The van der Waals surface area contributed by atoms with E-state index in [9.17, 15) is 13.6 Å². The summed E-state index contributed by atoms with van der Waals surface area (Å²) in [6.07, 6.45) is 1.64. The van der Waals surface area contributed by atoms with Gasteiger partial charge in [-0.3, -0.25) is 4.79 Å². The van der Waals surface area contributed by atoms with Crippen molar-refractivity contribution in [3.05, 3.63) is 23.2 Å². The van der Waals surface area contributed by atoms with E-state index >= 15 is 0 Å². The number of rotatable bonds is 5. The molecule has 0 saturated carbocycles. The molecule has 6 heteroatoms. The molecular weight excluding hydrogens is 234 g/mol. The number of hydrogen-bond donors (Lipinski definition) is 1. The van der Waals surface area contributed by atoms with Crippen LogP contribution in [0.15, 0.2) is 18.4 Å². The van der Waals surface area contributed by atoms with Crippen molar-refractivity contribution in [2.45, 2.75) is 26.2 Å². The minimum absolute atomic E-state index is 0.193. The van der Waals surface area contributed by atoms with Crippen LogP contribution in [0, 0.1) is 6.92 Å². The zero-order chi connectivity index (χ0) is 12.0. The van der Waals surface area contributed by atoms with Gasteiger partial charge in [-0.15, -0.1) is 11.3 Å². The van der Waals surface area contributed by atoms with Crippen molar-refractivity contribution in [2.75, 3.05) is 5.32 Å². The van der Waals surface area contributed by atoms with Crippen LogP contribution in [0.1, 0.15) is 24.1 Å². The summed E-state index contributed by atoms with van der Waals surface area (Å²) in [5.41, 5.74) is 0. The van der Waals surface area contributed by atoms with Crippen LogP contribution in [0.5, 0.6) is 0 Å². The quantitative estimate of drug-likeness (QED) is 0.809. The maximum Gasteiger partial charge on any atom is 0.266 e. The molecule has 3 nitrogen and oxygen atoms in total. The second-order valence-electron chi connectivity index (χ2n) is 3.21. The first-order chi connectivity index (χ1) is 7.58. The highest BCUT2D eigenvalue weighted by Gasteiger charge is 2.04. The van der Waals surface area contributed by atoms with Crippen molar-refractivity contribution in [3.63, 3.8) is 0 Å². The number of nitrogens with zero attached hydrogens (tertiary/aromatic N) is 1. The fourth-order valence-electron chi connectivity index (χ4n) is 1.07. The normalized spacial score (nSPS) is 9.94. The van der Waals surface area contributed by atoms with Crippen LogP contribution >= 0.6 is 11.3 Å². The summed E-state index contributed by atoms with van der Waals surface area (Å²) < 4.78 is 23.3. The van der Waals surface area contributed by atoms with Gasteiger partial charge in [-0.05, 0) is 25.8 Å². The third kappa shape index (κ3) is 4.97. The number of allylic oxidation sites excluding steroid dienone is 1. The van der Waals surface area contributed by atoms with Crippen LogP contribution in [0.2, 0.25) is 0 Å². The van der Waals surface area contributed by atoms with Gasteiger partial charge < -0.3 is 5.32 Å². The lowest BCUT2D eigenvalue weighted by atomic mass is 10.2. The SMILES string of the molecule is Cc1cnc(NC(=O)CCCC=C(F)F)s1. The number of nitrogens with one attached hydrogen (secondary N) is 1. The molecule has 0 spiro atoms. The van der Waals surface area contributed by atoms with Gasteiger partial charge in [0, 0.05) is 17.5 Å². The lowest BCUT2D eigenvalue weighted by molar-refractivity contribution is -0.116. The fraction of sp³-hybridized carbons (Fsp3) is 0.400. The Hall–Kier alpha value is -1.30. The zero-order valence-corrected chi connectivity index (χ0v) is 9.61. The van der Waals surface area contributed by atoms with Crippen molar-refractivity contribution in [3.8, 4) is 0 Å². The van der Waals surface area contributed by atoms with Gasteiger partial charge in [0.2, 0.25) is 5.91 Å². The number of anilines is 1. The first-order valence-electron chi connectivity index (χ1n) is 4.81. The highest BCUT2D eigenvalue weighted by Crippen LogP contribution is 2.16. The molecule has 0 bridgehead atoms. The molecule has 1 N–H and O–H groups in total. The van der Waals surface area contributed by atoms with E-state index in [1.807, 2.05) is 6.92 Å². The predicted octanol–water partition coefficient (Wildman–Crippen LogP) is 3.34. The second-order valence-corrected chi connectivity index (χ2v) is 4.45. The van der Waals surface area contributed by atoms with Gasteiger partial charge in [0.1, 0.15) is 0 Å². The van der Waals surface area contributed by atoms with Gasteiger partial charge >= 0.3 is 0 Å². The Kier molecular flexibility index (Phi) is 5.04. The molecule has 0 aliphatic rings. The first-order valence-corrected chi connectivity index (χ1v) is 5.63. The number of unbranched alkanes of at least 4 members (excludes halogenated alkanes) is 1. The number of thiazole rings is 1. The number of halogens is 2. The average Bonchev–Trinajstić information content (AvgIpc) is 2.58. The van der Waals surface area contributed by atoms with Crippen LogP contribution in [0.4, 0.5) is 13.9 Å². The van der Waals surface area contributed by atoms with Crippen molar-refractivity contribution >= 4 is 22.4 Å². The van der Waals surface area contributed by atoms with E-state index in [-0.39, 0.29) is 18.7 Å². The predicted molar refractivity (Wildman–Crippen MR) is 59.6 cm³/mol. The van der Waals surface area contributed by atoms with Gasteiger partial charge in [-0.1, -0.05) is 0 Å². The lowest BCUT2D eigenvalue weighted by Gasteiger charge is -1.99. The lowest BCUT2D eigenvalue weighted by Crippen LogP contribution is -2.10. The van der Waals surface area contributed by atoms with Crippen LogP contribution in [-0.4, -0.2) is 10.9 Å². The third-order valence-electron chi connectivity index (χ3n) is 1.77. The van der Waals surface area contributed by atoms with E-state index in [2.05, 4.69) is 10.3 Å². The van der Waals surface area contributed by atoms with Gasteiger partial charge in [0.25, 0.3) is 6.08 Å². The first kappa shape index (κ1) is 12.8. The van der Waals surface area contributed by atoms with E-state index < -0.39 is 6.08 Å². The maximum absolute atomic E-state index is 11.7. The number of hydrogen-bond acceptors (Lipinski definition) is 3. The minimum atomic E-state index is -1.70. The van der Waals surface area contributed by atoms with Gasteiger partial charge in [0.15, 0.2) is 5.13 Å². The summed E-state index contributed by atoms with van der Waals surface area (Å²) in [6.45, 7) is 1.89. The Balaban J connectivity index is 2.24. The minimum Gasteiger partial charge on any atom is -0.302 e. The molecule has 1 aromatic heterocycles. The van der Waals surface area contributed by atoms with Crippen LogP contribution in [0.25, 0.3) is 0 Å². The summed E-state index contributed by atoms with van der Waals surface area (Å²) in [6, 6.07) is 0. The smallest absolute Gasteiger partial charge is 0.266 e. The molecule has 1 aromatic rings. The molecular formula is C10H12F2N2OS. The van der Waals surface area contributed by atoms with E-state index in [1.165, 1.54) is 11.3 Å². The summed E-state index contributed by atoms with van der Waals surface area (Å²) >= 11 is 1.39. The molecule has 0 atom stereocenters. The molecule has 0 fully saturated rings. The van der Waals surface area contributed by atoms with Gasteiger partial charge in [0.05, 0.1) is 0 Å². The Labute approximate surface area is 96.2 Å². The monoisotopic (exact) mass is 246 g/mol. The summed E-state index contributed by atoms with van der Waals surface area (Å²) in [5.74, 6) is -0.193. The number of carbonyl (C=O) groups excluding carboxylic acids is 1. The summed E-state index contributed by atoms with van der Waals surface area (Å²) in [4.78, 5) is 16.3. The Morgan fingerprint density at radius 3 is 2.94 bits per heavy atom. The molecule has 0 saturated heterocycles. The average molecular weight is 246 g/mol. The third-order valence-corrected chi connectivity index (χ3v) is 2.60. The van der Waals surface area contributed by atoms with E-state index in [0.717, 1.165) is 11.0 Å². The van der Waals surface area contributed by atoms with E-state index in [1.54, 1.807) is 6.20 Å². The molecule has 1 rings (SSSR count). The van der Waals surface area contributed by atoms with Crippen LogP contribution < -0.4 is 5.32 Å². The molecule has 1 amide bonds. The Morgan fingerprint density at radius 1 is 1.62 bits per heavy atom. The summed E-state index contributed by atoms with van der Waals surface area (Å²) in [7, 11) is 0. The van der Waals surface area contributed by atoms with Gasteiger partial charge in [-0.25, -0.2) is 4.98 Å². The van der Waals surface area contributed by atoms with Crippen molar-refractivity contribution in [1.82, 2.24) is 4.98 Å². The standard InChI is InChI=1S/C10H12F2N2OS/c1-7-6-13-10(16-7)14-9(15)5-3-2-4-8(11)12/h4,6H,2-3,5H2,1H3,(H,13,14,15). The molecule has 0 unspecified atom stereocenters. The van der Waals surface area contributed by atoms with Crippen LogP contribution in [0.3, 0.4) is 0 Å². The topological polar surface area (TPSA) is 42.0 Å². The highest BCUT2D eigenvalue weighted by atomic mass is 32.1. The zero-order valence-electron chi connectivity index (χ0n) is 8.80. The molecule has 0 aromatic carbocycles. The molecule has 0 aliphatic heterocycles. The Morgan fingerprint density at radius 2 is 2.38 bits per heavy atom. The Bertz CT molecular complexity index is 386.